The molecule has 0 bridgehead atoms. The highest BCUT2D eigenvalue weighted by Gasteiger charge is 2.15. The number of aromatic amines is 1. The maximum atomic E-state index is 9.05. The maximum Gasteiger partial charge on any atom is 0.234 e. The van der Waals surface area contributed by atoms with Crippen LogP contribution in [0, 0.1) is 11.3 Å². The van der Waals surface area contributed by atoms with Gasteiger partial charge < -0.3 is 15.8 Å². The monoisotopic (exact) mass is 341 g/mol. The molecule has 2 heterocycles. The van der Waals surface area contributed by atoms with Crippen LogP contribution in [0.5, 0.6) is 5.88 Å². The molecule has 8 nitrogen and oxygen atoms in total. The Kier molecular flexibility index (Phi) is 5.67. The standard InChI is InChI=1S/C17H23N7O/c18-9-13-14(23-24-17(13)19)7-4-8-21-15-10-20-11-16(22-15)25-12-5-2-1-3-6-12/h10-12H,1-8H2,(H,21,22)(H3,19,23,24). The molecule has 1 aliphatic rings. The number of nitriles is 1. The fourth-order valence-electron chi connectivity index (χ4n) is 3.03. The molecule has 1 aliphatic carbocycles. The Morgan fingerprint density at radius 3 is 2.96 bits per heavy atom. The van der Waals surface area contributed by atoms with Crippen molar-refractivity contribution in [2.24, 2.45) is 0 Å². The van der Waals surface area contributed by atoms with Gasteiger partial charge in [0.25, 0.3) is 0 Å². The predicted molar refractivity (Wildman–Crippen MR) is 94.1 cm³/mol. The first-order chi connectivity index (χ1) is 12.3. The van der Waals surface area contributed by atoms with Crippen molar-refractivity contribution in [3.63, 3.8) is 0 Å². The molecule has 1 saturated carbocycles. The van der Waals surface area contributed by atoms with Crippen molar-refractivity contribution in [3.05, 3.63) is 23.7 Å². The first-order valence-electron chi connectivity index (χ1n) is 8.71. The molecule has 0 unspecified atom stereocenters. The lowest BCUT2D eigenvalue weighted by atomic mass is 9.98. The number of nitrogens with two attached hydrogens (primary N) is 1. The first kappa shape index (κ1) is 17.0. The van der Waals surface area contributed by atoms with Crippen molar-refractivity contribution in [3.8, 4) is 11.9 Å². The summed E-state index contributed by atoms with van der Waals surface area (Å²) in [5.74, 6) is 1.52. The lowest BCUT2D eigenvalue weighted by molar-refractivity contribution is 0.148. The molecule has 0 aliphatic heterocycles. The Bertz CT molecular complexity index is 731. The van der Waals surface area contributed by atoms with E-state index in [-0.39, 0.29) is 11.9 Å². The Balaban J connectivity index is 1.46. The van der Waals surface area contributed by atoms with E-state index in [2.05, 4.69) is 31.6 Å². The molecule has 3 rings (SSSR count). The van der Waals surface area contributed by atoms with E-state index in [1.165, 1.54) is 19.3 Å². The second-order valence-electron chi connectivity index (χ2n) is 6.22. The number of nitrogens with one attached hydrogen (secondary N) is 2. The summed E-state index contributed by atoms with van der Waals surface area (Å²) in [6.45, 7) is 0.700. The number of hydrogen-bond acceptors (Lipinski definition) is 7. The zero-order valence-corrected chi connectivity index (χ0v) is 14.2. The molecule has 0 saturated heterocycles. The van der Waals surface area contributed by atoms with Gasteiger partial charge in [-0.15, -0.1) is 0 Å². The molecule has 4 N–H and O–H groups in total. The number of nitrogens with zero attached hydrogens (tertiary/aromatic N) is 4. The number of aryl methyl sites for hydroxylation is 1. The van der Waals surface area contributed by atoms with Gasteiger partial charge in [0.15, 0.2) is 5.82 Å². The van der Waals surface area contributed by atoms with Crippen LogP contribution in [0.4, 0.5) is 11.6 Å². The van der Waals surface area contributed by atoms with Gasteiger partial charge in [-0.1, -0.05) is 6.42 Å². The lowest BCUT2D eigenvalue weighted by Crippen LogP contribution is -2.20. The van der Waals surface area contributed by atoms with Crippen molar-refractivity contribution in [2.45, 2.75) is 51.0 Å². The Morgan fingerprint density at radius 2 is 2.16 bits per heavy atom. The Hall–Kier alpha value is -2.82. The molecule has 1 fully saturated rings. The van der Waals surface area contributed by atoms with Gasteiger partial charge in [-0.3, -0.25) is 10.1 Å². The Morgan fingerprint density at radius 1 is 1.32 bits per heavy atom. The van der Waals surface area contributed by atoms with Crippen molar-refractivity contribution < 1.29 is 4.74 Å². The highest BCUT2D eigenvalue weighted by molar-refractivity contribution is 5.50. The molecule has 2 aromatic heterocycles. The zero-order chi connectivity index (χ0) is 17.5. The van der Waals surface area contributed by atoms with Crippen LogP contribution >= 0.6 is 0 Å². The summed E-state index contributed by atoms with van der Waals surface area (Å²) in [4.78, 5) is 8.65. The van der Waals surface area contributed by atoms with E-state index in [1.54, 1.807) is 12.4 Å². The second kappa shape index (κ2) is 8.33. The molecule has 0 amide bonds. The highest BCUT2D eigenvalue weighted by atomic mass is 16.5. The van der Waals surface area contributed by atoms with Crippen LogP contribution in [-0.4, -0.2) is 32.8 Å². The lowest BCUT2D eigenvalue weighted by Gasteiger charge is -2.22. The minimum absolute atomic E-state index is 0.254. The molecule has 0 aromatic carbocycles. The summed E-state index contributed by atoms with van der Waals surface area (Å²) >= 11 is 0. The average molecular weight is 341 g/mol. The highest BCUT2D eigenvalue weighted by Crippen LogP contribution is 2.22. The minimum atomic E-state index is 0.254. The molecular formula is C17H23N7O. The summed E-state index contributed by atoms with van der Waals surface area (Å²) in [6, 6.07) is 2.07. The number of anilines is 2. The van der Waals surface area contributed by atoms with Gasteiger partial charge in [-0.05, 0) is 38.5 Å². The summed E-state index contributed by atoms with van der Waals surface area (Å²) in [5, 5.41) is 19.0. The molecule has 25 heavy (non-hydrogen) atoms. The van der Waals surface area contributed by atoms with Crippen molar-refractivity contribution in [1.29, 1.82) is 5.26 Å². The fraction of sp³-hybridized carbons (Fsp3) is 0.529. The number of aromatic nitrogens is 4. The van der Waals surface area contributed by atoms with E-state index in [9.17, 15) is 0 Å². The van der Waals surface area contributed by atoms with Crippen molar-refractivity contribution in [1.82, 2.24) is 20.2 Å². The summed E-state index contributed by atoms with van der Waals surface area (Å²) < 4.78 is 5.93. The molecule has 132 valence electrons. The third kappa shape index (κ3) is 4.59. The van der Waals surface area contributed by atoms with Crippen LogP contribution in [0.25, 0.3) is 0 Å². The molecular weight excluding hydrogens is 318 g/mol. The van der Waals surface area contributed by atoms with Gasteiger partial charge in [-0.2, -0.15) is 15.3 Å². The third-order valence-corrected chi connectivity index (χ3v) is 4.34. The number of rotatable bonds is 7. The topological polar surface area (TPSA) is 126 Å². The number of hydrogen-bond donors (Lipinski definition) is 3. The van der Waals surface area contributed by atoms with E-state index < -0.39 is 0 Å². The zero-order valence-electron chi connectivity index (χ0n) is 14.2. The second-order valence-corrected chi connectivity index (χ2v) is 6.22. The maximum absolute atomic E-state index is 9.05. The normalized spacial score (nSPS) is 14.8. The van der Waals surface area contributed by atoms with Crippen LogP contribution in [-0.2, 0) is 6.42 Å². The first-order valence-corrected chi connectivity index (χ1v) is 8.71. The van der Waals surface area contributed by atoms with Crippen LogP contribution in [0.3, 0.4) is 0 Å². The summed E-state index contributed by atoms with van der Waals surface area (Å²) in [5.41, 5.74) is 6.83. The van der Waals surface area contributed by atoms with E-state index >= 15 is 0 Å². The number of ether oxygens (including phenoxy) is 1. The van der Waals surface area contributed by atoms with Crippen LogP contribution in [0.1, 0.15) is 49.8 Å². The molecule has 0 spiro atoms. The van der Waals surface area contributed by atoms with Gasteiger partial charge in [-0.25, -0.2) is 0 Å². The summed E-state index contributed by atoms with van der Waals surface area (Å²) in [7, 11) is 0. The average Bonchev–Trinajstić information content (AvgIpc) is 2.99. The minimum Gasteiger partial charge on any atom is -0.473 e. The van der Waals surface area contributed by atoms with E-state index in [1.807, 2.05) is 0 Å². The smallest absolute Gasteiger partial charge is 0.234 e. The third-order valence-electron chi connectivity index (χ3n) is 4.34. The Labute approximate surface area is 146 Å². The molecule has 0 radical (unpaired) electrons. The fourth-order valence-corrected chi connectivity index (χ4v) is 3.03. The number of nitrogen functional groups attached to an aromatic ring is 1. The quantitative estimate of drug-likeness (QED) is 0.660. The van der Waals surface area contributed by atoms with Gasteiger partial charge in [0.1, 0.15) is 23.6 Å². The van der Waals surface area contributed by atoms with Crippen molar-refractivity contribution in [2.75, 3.05) is 17.6 Å². The number of H-pyrrole nitrogens is 1. The van der Waals surface area contributed by atoms with Crippen molar-refractivity contribution >= 4 is 11.6 Å². The summed E-state index contributed by atoms with van der Waals surface area (Å²) in [6.07, 6.45) is 11.0. The van der Waals surface area contributed by atoms with E-state index in [0.29, 0.717) is 30.2 Å². The van der Waals surface area contributed by atoms with Gasteiger partial charge in [0.05, 0.1) is 18.1 Å². The van der Waals surface area contributed by atoms with Gasteiger partial charge >= 0.3 is 0 Å². The largest absolute Gasteiger partial charge is 0.473 e. The molecule has 2 aromatic rings. The predicted octanol–water partition coefficient (Wildman–Crippen LogP) is 2.41. The van der Waals surface area contributed by atoms with E-state index in [0.717, 1.165) is 25.0 Å². The SMILES string of the molecule is N#Cc1c(N)n[nH]c1CCCNc1cncc(OC2CCCCC2)n1. The molecule has 0 atom stereocenters. The van der Waals surface area contributed by atoms with Crippen LogP contribution in [0.2, 0.25) is 0 Å². The van der Waals surface area contributed by atoms with Gasteiger partial charge in [0.2, 0.25) is 5.88 Å². The van der Waals surface area contributed by atoms with Crippen LogP contribution < -0.4 is 15.8 Å². The van der Waals surface area contributed by atoms with Crippen LogP contribution in [0.15, 0.2) is 12.4 Å². The van der Waals surface area contributed by atoms with E-state index in [4.69, 9.17) is 15.7 Å². The molecule has 8 heteroatoms. The van der Waals surface area contributed by atoms with Gasteiger partial charge in [0, 0.05) is 6.54 Å².